The van der Waals surface area contributed by atoms with Gasteiger partial charge in [-0.3, -0.25) is 0 Å². The Morgan fingerprint density at radius 3 is 2.22 bits per heavy atom. The zero-order chi connectivity index (χ0) is 13.8. The molecule has 1 aliphatic rings. The van der Waals surface area contributed by atoms with Crippen molar-refractivity contribution in [1.29, 1.82) is 0 Å². The highest BCUT2D eigenvalue weighted by molar-refractivity contribution is 4.79. The van der Waals surface area contributed by atoms with Crippen molar-refractivity contribution in [2.45, 2.75) is 71.9 Å². The zero-order valence-corrected chi connectivity index (χ0v) is 13.4. The molecule has 0 amide bonds. The Morgan fingerprint density at radius 1 is 1.17 bits per heavy atom. The third-order valence-electron chi connectivity index (χ3n) is 4.19. The number of nitrogens with zero attached hydrogens (tertiary/aromatic N) is 1. The van der Waals surface area contributed by atoms with E-state index in [1.54, 1.807) is 0 Å². The number of nitrogens with one attached hydrogen (secondary N) is 1. The second-order valence-corrected chi connectivity index (χ2v) is 7.59. The van der Waals surface area contributed by atoms with E-state index in [1.165, 1.54) is 32.2 Å². The lowest BCUT2D eigenvalue weighted by Crippen LogP contribution is -2.43. The van der Waals surface area contributed by atoms with Gasteiger partial charge in [-0.25, -0.2) is 0 Å². The normalized spacial score (nSPS) is 27.5. The molecule has 0 aromatic rings. The molecular formula is C16H34N2. The van der Waals surface area contributed by atoms with Gasteiger partial charge in [0.05, 0.1) is 0 Å². The van der Waals surface area contributed by atoms with Crippen LogP contribution in [0.4, 0.5) is 0 Å². The number of hydrogen-bond acceptors (Lipinski definition) is 2. The van der Waals surface area contributed by atoms with E-state index in [0.29, 0.717) is 0 Å². The van der Waals surface area contributed by atoms with Crippen LogP contribution in [0.2, 0.25) is 0 Å². The van der Waals surface area contributed by atoms with Gasteiger partial charge in [0.2, 0.25) is 0 Å². The van der Waals surface area contributed by atoms with Gasteiger partial charge in [-0.15, -0.1) is 0 Å². The van der Waals surface area contributed by atoms with Crippen LogP contribution in [0.5, 0.6) is 0 Å². The summed E-state index contributed by atoms with van der Waals surface area (Å²) in [5, 5.41) is 3.61. The van der Waals surface area contributed by atoms with Crippen LogP contribution >= 0.6 is 0 Å². The number of hydrogen-bond donors (Lipinski definition) is 1. The van der Waals surface area contributed by atoms with Crippen molar-refractivity contribution in [3.63, 3.8) is 0 Å². The highest BCUT2D eigenvalue weighted by Gasteiger charge is 2.22. The summed E-state index contributed by atoms with van der Waals surface area (Å²) < 4.78 is 0. The molecule has 1 unspecified atom stereocenters. The first-order valence-corrected chi connectivity index (χ1v) is 7.73. The lowest BCUT2D eigenvalue weighted by atomic mass is 9.86. The largest absolute Gasteiger partial charge is 0.312 e. The van der Waals surface area contributed by atoms with Crippen molar-refractivity contribution in [3.8, 4) is 0 Å². The van der Waals surface area contributed by atoms with Crippen LogP contribution < -0.4 is 5.32 Å². The van der Waals surface area contributed by atoms with E-state index in [2.05, 4.69) is 51.9 Å². The summed E-state index contributed by atoms with van der Waals surface area (Å²) in [4.78, 5) is 2.60. The lowest BCUT2D eigenvalue weighted by Gasteiger charge is -2.35. The minimum absolute atomic E-state index is 0.243. The Morgan fingerprint density at radius 2 is 1.72 bits per heavy atom. The van der Waals surface area contributed by atoms with Crippen LogP contribution in [0, 0.1) is 11.8 Å². The molecule has 0 radical (unpaired) electrons. The van der Waals surface area contributed by atoms with Crippen molar-refractivity contribution < 1.29 is 0 Å². The van der Waals surface area contributed by atoms with Crippen LogP contribution in [0.3, 0.4) is 0 Å². The monoisotopic (exact) mass is 254 g/mol. The summed E-state index contributed by atoms with van der Waals surface area (Å²) in [5.74, 6) is 1.68. The maximum absolute atomic E-state index is 3.61. The van der Waals surface area contributed by atoms with E-state index >= 15 is 0 Å². The predicted molar refractivity (Wildman–Crippen MR) is 81.0 cm³/mol. The summed E-state index contributed by atoms with van der Waals surface area (Å²) in [5.41, 5.74) is 0.243. The Balaban J connectivity index is 2.24. The van der Waals surface area contributed by atoms with Gasteiger partial charge < -0.3 is 10.2 Å². The molecule has 0 bridgehead atoms. The van der Waals surface area contributed by atoms with E-state index in [0.717, 1.165) is 24.4 Å². The van der Waals surface area contributed by atoms with Crippen molar-refractivity contribution in [3.05, 3.63) is 0 Å². The predicted octanol–water partition coefficient (Wildman–Crippen LogP) is 3.52. The molecule has 0 spiro atoms. The molecule has 2 heteroatoms. The Kier molecular flexibility index (Phi) is 6.13. The minimum Gasteiger partial charge on any atom is -0.312 e. The first-order chi connectivity index (χ1) is 8.28. The minimum atomic E-state index is 0.243. The van der Waals surface area contributed by atoms with Gasteiger partial charge in [-0.2, -0.15) is 0 Å². The van der Waals surface area contributed by atoms with Crippen molar-refractivity contribution >= 4 is 0 Å². The van der Waals surface area contributed by atoms with Crippen LogP contribution in [-0.2, 0) is 0 Å². The third kappa shape index (κ3) is 6.19. The third-order valence-corrected chi connectivity index (χ3v) is 4.19. The zero-order valence-electron chi connectivity index (χ0n) is 13.4. The van der Waals surface area contributed by atoms with Gasteiger partial charge in [-0.05, 0) is 71.9 Å². The molecule has 108 valence electrons. The maximum atomic E-state index is 3.61. The van der Waals surface area contributed by atoms with Gasteiger partial charge >= 0.3 is 0 Å². The van der Waals surface area contributed by atoms with Gasteiger partial charge in [-0.1, -0.05) is 13.8 Å². The molecule has 1 saturated carbocycles. The SMILES string of the molecule is CC1CCC(N(C)CC(C)CNC(C)(C)C)CC1. The highest BCUT2D eigenvalue weighted by Crippen LogP contribution is 2.26. The van der Waals surface area contributed by atoms with E-state index < -0.39 is 0 Å². The molecule has 2 nitrogen and oxygen atoms in total. The molecule has 0 heterocycles. The second kappa shape index (κ2) is 6.91. The van der Waals surface area contributed by atoms with Gasteiger partial charge in [0.25, 0.3) is 0 Å². The fourth-order valence-electron chi connectivity index (χ4n) is 2.87. The summed E-state index contributed by atoms with van der Waals surface area (Å²) in [7, 11) is 2.31. The molecule has 0 aliphatic heterocycles. The van der Waals surface area contributed by atoms with Crippen molar-refractivity contribution in [1.82, 2.24) is 10.2 Å². The van der Waals surface area contributed by atoms with Gasteiger partial charge in [0.1, 0.15) is 0 Å². The fraction of sp³-hybridized carbons (Fsp3) is 1.00. The van der Waals surface area contributed by atoms with E-state index in [-0.39, 0.29) is 5.54 Å². The molecule has 0 aromatic carbocycles. The first kappa shape index (κ1) is 16.0. The van der Waals surface area contributed by atoms with Crippen molar-refractivity contribution in [2.24, 2.45) is 11.8 Å². The summed E-state index contributed by atoms with van der Waals surface area (Å²) >= 11 is 0. The molecular weight excluding hydrogens is 220 g/mol. The van der Waals surface area contributed by atoms with E-state index in [9.17, 15) is 0 Å². The van der Waals surface area contributed by atoms with Gasteiger partial charge in [0, 0.05) is 18.1 Å². The Hall–Kier alpha value is -0.0800. The average molecular weight is 254 g/mol. The molecule has 1 aliphatic carbocycles. The second-order valence-electron chi connectivity index (χ2n) is 7.59. The molecule has 0 saturated heterocycles. The summed E-state index contributed by atoms with van der Waals surface area (Å²) in [6, 6.07) is 0.832. The molecule has 1 rings (SSSR count). The van der Waals surface area contributed by atoms with E-state index in [1.807, 2.05) is 0 Å². The lowest BCUT2D eigenvalue weighted by molar-refractivity contribution is 0.150. The topological polar surface area (TPSA) is 15.3 Å². The van der Waals surface area contributed by atoms with Crippen molar-refractivity contribution in [2.75, 3.05) is 20.1 Å². The molecule has 1 fully saturated rings. The highest BCUT2D eigenvalue weighted by atomic mass is 15.1. The fourth-order valence-corrected chi connectivity index (χ4v) is 2.87. The molecule has 0 aromatic heterocycles. The molecule has 18 heavy (non-hydrogen) atoms. The first-order valence-electron chi connectivity index (χ1n) is 7.73. The molecule has 1 atom stereocenters. The summed E-state index contributed by atoms with van der Waals surface area (Å²) in [6.07, 6.45) is 5.64. The number of rotatable bonds is 5. The standard InChI is InChI=1S/C16H34N2/c1-13-7-9-15(10-8-13)18(6)12-14(2)11-17-16(3,4)5/h13-15,17H,7-12H2,1-6H3. The summed E-state index contributed by atoms with van der Waals surface area (Å²) in [6.45, 7) is 13.8. The van der Waals surface area contributed by atoms with Crippen LogP contribution in [0.15, 0.2) is 0 Å². The Bertz CT molecular complexity index is 224. The molecule has 1 N–H and O–H groups in total. The quantitative estimate of drug-likeness (QED) is 0.807. The van der Waals surface area contributed by atoms with Crippen LogP contribution in [0.25, 0.3) is 0 Å². The average Bonchev–Trinajstić information content (AvgIpc) is 2.26. The smallest absolute Gasteiger partial charge is 0.00966 e. The van der Waals surface area contributed by atoms with Gasteiger partial charge in [0.15, 0.2) is 0 Å². The van der Waals surface area contributed by atoms with Crippen LogP contribution in [-0.4, -0.2) is 36.6 Å². The van der Waals surface area contributed by atoms with Crippen LogP contribution in [0.1, 0.15) is 60.3 Å². The van der Waals surface area contributed by atoms with E-state index in [4.69, 9.17) is 0 Å². The maximum Gasteiger partial charge on any atom is 0.00966 e. The Labute approximate surface area is 115 Å².